The summed E-state index contributed by atoms with van der Waals surface area (Å²) in [4.78, 5) is 32.7. The van der Waals surface area contributed by atoms with Gasteiger partial charge in [0.05, 0.1) is 17.7 Å². The number of anilines is 1. The molecule has 1 aliphatic rings. The van der Waals surface area contributed by atoms with Crippen molar-refractivity contribution in [2.75, 3.05) is 5.32 Å². The molecule has 5 rings (SSSR count). The van der Waals surface area contributed by atoms with Crippen molar-refractivity contribution in [3.63, 3.8) is 0 Å². The van der Waals surface area contributed by atoms with Crippen molar-refractivity contribution in [3.05, 3.63) is 65.2 Å². The third-order valence-corrected chi connectivity index (χ3v) is 5.34. The molecule has 0 saturated heterocycles. The number of hydrogen-bond donors (Lipinski definition) is 2. The van der Waals surface area contributed by atoms with Gasteiger partial charge >= 0.3 is 0 Å². The van der Waals surface area contributed by atoms with Crippen LogP contribution in [0.1, 0.15) is 44.6 Å². The van der Waals surface area contributed by atoms with Crippen LogP contribution in [0.5, 0.6) is 0 Å². The van der Waals surface area contributed by atoms with Gasteiger partial charge in [-0.05, 0) is 37.6 Å². The number of nitrogens with two attached hydrogens (primary N) is 1. The number of amides is 2. The van der Waals surface area contributed by atoms with E-state index in [0.29, 0.717) is 12.1 Å². The van der Waals surface area contributed by atoms with Crippen LogP contribution in [0.4, 0.5) is 14.5 Å². The van der Waals surface area contributed by atoms with Crippen molar-refractivity contribution in [2.24, 2.45) is 5.73 Å². The van der Waals surface area contributed by atoms with Crippen LogP contribution >= 0.6 is 0 Å². The maximum absolute atomic E-state index is 14.6. The average molecular weight is 438 g/mol. The molecule has 0 spiro atoms. The molecule has 2 amide bonds. The number of nitrogens with zero attached hydrogens (tertiary/aromatic N) is 4. The number of halogens is 2. The van der Waals surface area contributed by atoms with Gasteiger partial charge in [-0.15, -0.1) is 0 Å². The van der Waals surface area contributed by atoms with Crippen molar-refractivity contribution in [1.82, 2.24) is 19.5 Å². The number of carbonyl (C=O) groups excluding carboxylic acids is 2. The van der Waals surface area contributed by atoms with Gasteiger partial charge in [-0.2, -0.15) is 4.98 Å². The molecule has 0 unspecified atom stereocenters. The number of imidazole rings is 1. The zero-order valence-corrected chi connectivity index (χ0v) is 16.7. The van der Waals surface area contributed by atoms with Crippen molar-refractivity contribution >= 4 is 23.1 Å². The van der Waals surface area contributed by atoms with Crippen LogP contribution in [-0.2, 0) is 0 Å². The van der Waals surface area contributed by atoms with Crippen LogP contribution in [0.15, 0.2) is 41.2 Å². The standard InChI is InChI=1S/C21H16F2N6O3/c1-9-13(22)4-11(19-27-21(32-28-19)12-6-14(12)23)5-15(9)26-20(31)16-7-25-17-3-2-10(18(24)30)8-29(16)17/h2-5,7-8,12,14H,6H2,1H3,(H2,24,30)(H,26,31)/t12-,14-/m0/s1. The van der Waals surface area contributed by atoms with Gasteiger partial charge in [-0.25, -0.2) is 13.8 Å². The third-order valence-electron chi connectivity index (χ3n) is 5.34. The second-order valence-electron chi connectivity index (χ2n) is 7.55. The Kier molecular flexibility index (Phi) is 4.47. The maximum atomic E-state index is 14.6. The lowest BCUT2D eigenvalue weighted by Crippen LogP contribution is -2.17. The van der Waals surface area contributed by atoms with Gasteiger partial charge in [0.1, 0.15) is 23.3 Å². The SMILES string of the molecule is Cc1c(F)cc(-c2noc([C@H]3C[C@@H]3F)n2)cc1NC(=O)c1cnc2ccc(C(N)=O)cn12. The van der Waals surface area contributed by atoms with E-state index in [4.69, 9.17) is 10.3 Å². The van der Waals surface area contributed by atoms with Crippen molar-refractivity contribution < 1.29 is 22.9 Å². The van der Waals surface area contributed by atoms with Gasteiger partial charge in [0.15, 0.2) is 0 Å². The molecule has 0 bridgehead atoms. The summed E-state index contributed by atoms with van der Waals surface area (Å²) in [5.41, 5.74) is 6.72. The van der Waals surface area contributed by atoms with Gasteiger partial charge < -0.3 is 15.6 Å². The van der Waals surface area contributed by atoms with E-state index >= 15 is 0 Å². The number of hydrogen-bond acceptors (Lipinski definition) is 6. The van der Waals surface area contributed by atoms with Crippen LogP contribution in [0.3, 0.4) is 0 Å². The maximum Gasteiger partial charge on any atom is 0.274 e. The fraction of sp³-hybridized carbons (Fsp3) is 0.190. The Morgan fingerprint density at radius 1 is 1.31 bits per heavy atom. The first-order valence-electron chi connectivity index (χ1n) is 9.68. The monoisotopic (exact) mass is 438 g/mol. The molecule has 3 N–H and O–H groups in total. The molecule has 32 heavy (non-hydrogen) atoms. The number of nitrogens with one attached hydrogen (secondary N) is 1. The molecule has 4 aromatic rings. The molecule has 11 heteroatoms. The molecule has 1 fully saturated rings. The molecular weight excluding hydrogens is 422 g/mol. The second-order valence-corrected chi connectivity index (χ2v) is 7.55. The largest absolute Gasteiger partial charge is 0.366 e. The van der Waals surface area contributed by atoms with E-state index in [1.807, 2.05) is 0 Å². The Bertz CT molecular complexity index is 1400. The van der Waals surface area contributed by atoms with Gasteiger partial charge in [-0.3, -0.25) is 14.0 Å². The molecule has 3 aromatic heterocycles. The number of benzene rings is 1. The van der Waals surface area contributed by atoms with E-state index in [1.165, 1.54) is 41.9 Å². The van der Waals surface area contributed by atoms with Crippen LogP contribution in [0, 0.1) is 12.7 Å². The molecule has 9 nitrogen and oxygen atoms in total. The number of pyridine rings is 1. The Morgan fingerprint density at radius 3 is 2.81 bits per heavy atom. The van der Waals surface area contributed by atoms with Gasteiger partial charge in [0.2, 0.25) is 17.6 Å². The van der Waals surface area contributed by atoms with E-state index in [9.17, 15) is 18.4 Å². The van der Waals surface area contributed by atoms with E-state index < -0.39 is 29.7 Å². The molecule has 3 heterocycles. The first-order chi connectivity index (χ1) is 15.3. The van der Waals surface area contributed by atoms with E-state index in [0.717, 1.165) is 0 Å². The van der Waals surface area contributed by atoms with Crippen molar-refractivity contribution in [3.8, 4) is 11.4 Å². The molecule has 2 atom stereocenters. The van der Waals surface area contributed by atoms with Crippen molar-refractivity contribution in [2.45, 2.75) is 25.4 Å². The zero-order chi connectivity index (χ0) is 22.6. The van der Waals surface area contributed by atoms with Gasteiger partial charge in [-0.1, -0.05) is 5.16 Å². The van der Waals surface area contributed by atoms with E-state index in [1.54, 1.807) is 6.07 Å². The van der Waals surface area contributed by atoms with Crippen LogP contribution in [0.25, 0.3) is 17.0 Å². The summed E-state index contributed by atoms with van der Waals surface area (Å²) in [5.74, 6) is -1.99. The molecule has 1 aromatic carbocycles. The summed E-state index contributed by atoms with van der Waals surface area (Å²) in [6.45, 7) is 1.51. The number of carbonyl (C=O) groups is 2. The fourth-order valence-electron chi connectivity index (χ4n) is 3.34. The summed E-state index contributed by atoms with van der Waals surface area (Å²) in [5, 5.41) is 6.45. The summed E-state index contributed by atoms with van der Waals surface area (Å²) >= 11 is 0. The smallest absolute Gasteiger partial charge is 0.274 e. The summed E-state index contributed by atoms with van der Waals surface area (Å²) in [6, 6.07) is 5.77. The Labute approximate surface area is 179 Å². The predicted molar refractivity (Wildman–Crippen MR) is 108 cm³/mol. The molecule has 1 saturated carbocycles. The minimum atomic E-state index is -1.01. The minimum Gasteiger partial charge on any atom is -0.366 e. The number of rotatable bonds is 5. The van der Waals surface area contributed by atoms with Crippen molar-refractivity contribution in [1.29, 1.82) is 0 Å². The van der Waals surface area contributed by atoms with Gasteiger partial charge in [0.25, 0.3) is 5.91 Å². The van der Waals surface area contributed by atoms with E-state index in [2.05, 4.69) is 20.4 Å². The number of fused-ring (bicyclic) bond motifs is 1. The average Bonchev–Trinajstić information content (AvgIpc) is 3.17. The summed E-state index contributed by atoms with van der Waals surface area (Å²) < 4.78 is 34.3. The highest BCUT2D eigenvalue weighted by atomic mass is 19.1. The zero-order valence-electron chi connectivity index (χ0n) is 16.7. The Balaban J connectivity index is 1.47. The minimum absolute atomic E-state index is 0.0920. The lowest BCUT2D eigenvalue weighted by atomic mass is 10.1. The van der Waals surface area contributed by atoms with Gasteiger partial charge in [0, 0.05) is 23.0 Å². The molecule has 162 valence electrons. The number of primary amides is 1. The lowest BCUT2D eigenvalue weighted by Gasteiger charge is -2.11. The summed E-state index contributed by atoms with van der Waals surface area (Å²) in [7, 11) is 0. The second kappa shape index (κ2) is 7.22. The number of aromatic nitrogens is 4. The van der Waals surface area contributed by atoms with E-state index in [-0.39, 0.29) is 39.8 Å². The molecular formula is C21H16F2N6O3. The third kappa shape index (κ3) is 3.37. The van der Waals surface area contributed by atoms with Crippen LogP contribution < -0.4 is 11.1 Å². The molecule has 1 aliphatic carbocycles. The van der Waals surface area contributed by atoms with Crippen LogP contribution in [0.2, 0.25) is 0 Å². The Morgan fingerprint density at radius 2 is 2.09 bits per heavy atom. The number of alkyl halides is 1. The topological polar surface area (TPSA) is 128 Å². The quantitative estimate of drug-likeness (QED) is 0.493. The lowest BCUT2D eigenvalue weighted by molar-refractivity contribution is 0.0994. The highest BCUT2D eigenvalue weighted by Crippen LogP contribution is 2.43. The molecule has 0 radical (unpaired) electrons. The molecule has 0 aliphatic heterocycles. The van der Waals surface area contributed by atoms with Crippen LogP contribution in [-0.4, -0.2) is 37.5 Å². The predicted octanol–water partition coefficient (Wildman–Crippen LogP) is 3.01. The normalized spacial score (nSPS) is 17.5. The first-order valence-corrected chi connectivity index (χ1v) is 9.68. The summed E-state index contributed by atoms with van der Waals surface area (Å²) in [6.07, 6.45) is 2.05. The highest BCUT2D eigenvalue weighted by Gasteiger charge is 2.43. The fourth-order valence-corrected chi connectivity index (χ4v) is 3.34. The highest BCUT2D eigenvalue weighted by molar-refractivity contribution is 6.04. The first kappa shape index (κ1) is 19.8. The Hall–Kier alpha value is -4.15.